The van der Waals surface area contributed by atoms with Gasteiger partial charge in [-0.1, -0.05) is 57.8 Å². The average molecular weight is 986 g/mol. The lowest BCUT2D eigenvalue weighted by Gasteiger charge is -2.21. The van der Waals surface area contributed by atoms with E-state index >= 15 is 0 Å². The maximum absolute atomic E-state index is 11.8. The van der Waals surface area contributed by atoms with E-state index in [4.69, 9.17) is 31.4 Å². The van der Waals surface area contributed by atoms with Gasteiger partial charge in [0.1, 0.15) is 37.5 Å². The minimum absolute atomic E-state index is 0.301. The van der Waals surface area contributed by atoms with E-state index in [1.807, 2.05) is 24.3 Å². The second-order valence-corrected chi connectivity index (χ2v) is 19.3. The molecule has 0 radical (unpaired) electrons. The quantitative estimate of drug-likeness (QED) is 0.0422. The molecular formula is C46H59N13O6S3. The summed E-state index contributed by atoms with van der Waals surface area (Å²) < 4.78 is 30.1. The number of rotatable bonds is 18. The molecule has 0 bridgehead atoms. The molecule has 3 fully saturated rings. The van der Waals surface area contributed by atoms with Crippen molar-refractivity contribution >= 4 is 84.5 Å². The third kappa shape index (κ3) is 14.6. The molecule has 0 aliphatic heterocycles. The summed E-state index contributed by atoms with van der Waals surface area (Å²) in [6, 6.07) is 9.06. The van der Waals surface area contributed by atoms with Crippen molar-refractivity contribution in [3.05, 3.63) is 78.0 Å². The van der Waals surface area contributed by atoms with Gasteiger partial charge >= 0.3 is 0 Å². The third-order valence-electron chi connectivity index (χ3n) is 11.9. The van der Waals surface area contributed by atoms with E-state index in [1.165, 1.54) is 119 Å². The van der Waals surface area contributed by atoms with Gasteiger partial charge in [0.2, 0.25) is 17.6 Å². The topological polar surface area (TPSA) is 286 Å². The standard InChI is InChI=1S/2C16H20N4O2S.C14H19N5O2S/c17-14(21)13-15(22-10-11-5-2-1-3-6-11)20-23-16(13)19-12-7-4-8-18-9-12;17-14(21)13-15(22-10-11-4-2-1-3-5-11)20-23-16(13)19-12-6-8-18-9-7-12;15-12(20)11-13(21-8-9-4-2-1-3-5-9)19-22-14(11)17-10-6-7-16-18-10/h4,7-9,11,19H,1-3,5-6,10H2,(H2,17,21);6-9,11H,1-5,10H2,(H2,17,21)(H,18,19);6-7,9H,1-5,8H2,(H2,15,20)(H2,16,17,18). The highest BCUT2D eigenvalue weighted by atomic mass is 32.1. The Labute approximate surface area is 407 Å². The molecular weight excluding hydrogens is 927 g/mol. The monoisotopic (exact) mass is 985 g/mol. The molecule has 0 aromatic carbocycles. The number of nitrogens with two attached hydrogens (primary N) is 3. The summed E-state index contributed by atoms with van der Waals surface area (Å²) in [6.45, 7) is 1.78. The highest BCUT2D eigenvalue weighted by Crippen LogP contribution is 2.36. The summed E-state index contributed by atoms with van der Waals surface area (Å²) >= 11 is 3.50. The molecule has 6 heterocycles. The van der Waals surface area contributed by atoms with Gasteiger partial charge in [-0.3, -0.25) is 29.5 Å². The van der Waals surface area contributed by atoms with Crippen LogP contribution in [0.25, 0.3) is 0 Å². The number of pyridine rings is 2. The molecule has 6 aromatic rings. The molecule has 9 rings (SSSR count). The van der Waals surface area contributed by atoms with Gasteiger partial charge in [-0.25, -0.2) is 0 Å². The first-order valence-electron chi connectivity index (χ1n) is 23.1. The second-order valence-electron chi connectivity index (χ2n) is 16.9. The van der Waals surface area contributed by atoms with Gasteiger partial charge in [0, 0.05) is 30.3 Å². The van der Waals surface area contributed by atoms with E-state index in [9.17, 15) is 14.4 Å². The Bertz CT molecular complexity index is 2350. The molecule has 362 valence electrons. The van der Waals surface area contributed by atoms with E-state index in [1.54, 1.807) is 37.1 Å². The first-order chi connectivity index (χ1) is 33.2. The minimum atomic E-state index is -0.547. The number of nitrogens with one attached hydrogen (secondary N) is 4. The molecule has 22 heteroatoms. The van der Waals surface area contributed by atoms with Crippen LogP contribution in [0.2, 0.25) is 0 Å². The Balaban J connectivity index is 0.000000151. The number of primary amides is 3. The molecule has 19 nitrogen and oxygen atoms in total. The summed E-state index contributed by atoms with van der Waals surface area (Å²) in [5, 5.41) is 17.7. The zero-order chi connectivity index (χ0) is 47.5. The number of aromatic nitrogens is 7. The highest BCUT2D eigenvalue weighted by Gasteiger charge is 2.25. The van der Waals surface area contributed by atoms with Crippen molar-refractivity contribution in [1.29, 1.82) is 0 Å². The van der Waals surface area contributed by atoms with E-state index in [0.29, 0.717) is 92.7 Å². The van der Waals surface area contributed by atoms with E-state index in [-0.39, 0.29) is 0 Å². The number of nitrogens with zero attached hydrogens (tertiary/aromatic N) is 6. The summed E-state index contributed by atoms with van der Waals surface area (Å²) in [5.41, 5.74) is 19.0. The van der Waals surface area contributed by atoms with Crippen molar-refractivity contribution in [3.63, 3.8) is 0 Å². The lowest BCUT2D eigenvalue weighted by molar-refractivity contribution is 0.0986. The van der Waals surface area contributed by atoms with Crippen molar-refractivity contribution in [2.45, 2.75) is 96.3 Å². The first kappa shape index (κ1) is 49.5. The van der Waals surface area contributed by atoms with Gasteiger partial charge in [0.25, 0.3) is 17.7 Å². The zero-order valence-corrected chi connectivity index (χ0v) is 40.3. The first-order valence-corrected chi connectivity index (χ1v) is 25.4. The number of carbonyl (C=O) groups is 3. The SMILES string of the molecule is NC(=O)c1c(OCC2CCCCC2)nsc1Nc1cccnc1.NC(=O)c1c(OCC2CCCCC2)nsc1Nc1ccn[nH]1.NC(=O)c1c(OCC2CCCCC2)nsc1Nc1ccncc1. The van der Waals surface area contributed by atoms with Crippen LogP contribution >= 0.6 is 34.6 Å². The highest BCUT2D eigenvalue weighted by molar-refractivity contribution is 7.11. The van der Waals surface area contributed by atoms with Crippen molar-refractivity contribution < 1.29 is 28.6 Å². The van der Waals surface area contributed by atoms with Crippen LogP contribution in [-0.2, 0) is 0 Å². The number of anilines is 6. The number of amides is 3. The predicted octanol–water partition coefficient (Wildman–Crippen LogP) is 9.35. The van der Waals surface area contributed by atoms with Gasteiger partial charge in [0.05, 0.1) is 37.9 Å². The molecule has 0 spiro atoms. The van der Waals surface area contributed by atoms with Crippen LogP contribution in [0, 0.1) is 17.8 Å². The number of aromatic amines is 1. The Hall–Kier alpha value is -6.39. The fourth-order valence-electron chi connectivity index (χ4n) is 8.26. The van der Waals surface area contributed by atoms with Crippen molar-refractivity contribution in [3.8, 4) is 17.6 Å². The molecule has 3 amide bonds. The van der Waals surface area contributed by atoms with E-state index in [0.717, 1.165) is 22.9 Å². The molecule has 0 saturated heterocycles. The lowest BCUT2D eigenvalue weighted by atomic mass is 9.90. The molecule has 0 atom stereocenters. The van der Waals surface area contributed by atoms with Crippen LogP contribution in [0.1, 0.15) is 127 Å². The predicted molar refractivity (Wildman–Crippen MR) is 265 cm³/mol. The van der Waals surface area contributed by atoms with Crippen LogP contribution in [0.5, 0.6) is 17.6 Å². The number of hydrogen-bond donors (Lipinski definition) is 7. The number of hydrogen-bond acceptors (Lipinski definition) is 18. The zero-order valence-electron chi connectivity index (χ0n) is 37.8. The van der Waals surface area contributed by atoms with Crippen LogP contribution in [-0.4, -0.2) is 70.8 Å². The Kier molecular flexibility index (Phi) is 18.7. The van der Waals surface area contributed by atoms with Crippen molar-refractivity contribution in [1.82, 2.24) is 33.3 Å². The summed E-state index contributed by atoms with van der Waals surface area (Å²) in [6.07, 6.45) is 26.8. The molecule has 0 unspecified atom stereocenters. The normalized spacial score (nSPS) is 15.4. The second kappa shape index (κ2) is 25.7. The Morgan fingerprint density at radius 3 is 1.34 bits per heavy atom. The molecule has 6 aromatic heterocycles. The fourth-order valence-corrected chi connectivity index (χ4v) is 10.5. The fraction of sp³-hybridized carbons (Fsp3) is 0.457. The molecule has 10 N–H and O–H groups in total. The number of carbonyl (C=O) groups excluding carboxylic acids is 3. The Morgan fingerprint density at radius 1 is 0.529 bits per heavy atom. The van der Waals surface area contributed by atoms with Gasteiger partial charge in [-0.15, -0.1) is 0 Å². The summed E-state index contributed by atoms with van der Waals surface area (Å²) in [5.74, 6) is 1.68. The van der Waals surface area contributed by atoms with Crippen molar-refractivity contribution in [2.24, 2.45) is 35.0 Å². The van der Waals surface area contributed by atoms with Crippen LogP contribution in [0.15, 0.2) is 61.3 Å². The van der Waals surface area contributed by atoms with Gasteiger partial charge in [0.15, 0.2) is 0 Å². The smallest absolute Gasteiger partial charge is 0.257 e. The molecule has 3 aliphatic rings. The van der Waals surface area contributed by atoms with Crippen molar-refractivity contribution in [2.75, 3.05) is 35.8 Å². The minimum Gasteiger partial charge on any atom is -0.476 e. The third-order valence-corrected chi connectivity index (χ3v) is 14.1. The average Bonchev–Trinajstić information content (AvgIpc) is 4.20. The van der Waals surface area contributed by atoms with E-state index in [2.05, 4.69) is 49.2 Å². The van der Waals surface area contributed by atoms with Gasteiger partial charge in [-0.2, -0.15) is 18.2 Å². The number of ether oxygens (including phenoxy) is 3. The van der Waals surface area contributed by atoms with E-state index < -0.39 is 17.7 Å². The largest absolute Gasteiger partial charge is 0.476 e. The van der Waals surface area contributed by atoms with Crippen LogP contribution < -0.4 is 47.4 Å². The molecule has 68 heavy (non-hydrogen) atoms. The molecule has 3 saturated carbocycles. The maximum Gasteiger partial charge on any atom is 0.257 e. The van der Waals surface area contributed by atoms with Gasteiger partial charge < -0.3 is 47.4 Å². The summed E-state index contributed by atoms with van der Waals surface area (Å²) in [4.78, 5) is 43.3. The van der Waals surface area contributed by atoms with Gasteiger partial charge in [-0.05, 0) is 115 Å². The Morgan fingerprint density at radius 2 is 0.956 bits per heavy atom. The van der Waals surface area contributed by atoms with Crippen LogP contribution in [0.4, 0.5) is 32.2 Å². The summed E-state index contributed by atoms with van der Waals surface area (Å²) in [7, 11) is 0. The molecule has 3 aliphatic carbocycles. The van der Waals surface area contributed by atoms with Crippen LogP contribution in [0.3, 0.4) is 0 Å². The lowest BCUT2D eigenvalue weighted by Crippen LogP contribution is -2.18. The number of H-pyrrole nitrogens is 1. The maximum atomic E-state index is 11.8.